The first-order valence-corrected chi connectivity index (χ1v) is 9.60. The van der Waals surface area contributed by atoms with E-state index in [1.54, 1.807) is 12.1 Å². The first kappa shape index (κ1) is 17.9. The van der Waals surface area contributed by atoms with Crippen LogP contribution in [0.2, 0.25) is 0 Å². The van der Waals surface area contributed by atoms with Crippen LogP contribution in [0.1, 0.15) is 21.8 Å². The molecule has 3 aromatic heterocycles. The van der Waals surface area contributed by atoms with Gasteiger partial charge in [-0.05, 0) is 48.9 Å². The van der Waals surface area contributed by atoms with Gasteiger partial charge in [0.05, 0.1) is 17.5 Å². The third kappa shape index (κ3) is 3.37. The zero-order chi connectivity index (χ0) is 20.5. The number of hydrogen-bond acceptors (Lipinski definition) is 5. The Kier molecular flexibility index (Phi) is 4.40. The Balaban J connectivity index is 1.39. The van der Waals surface area contributed by atoms with Crippen molar-refractivity contribution in [1.29, 1.82) is 0 Å². The Hall–Kier alpha value is -4.13. The van der Waals surface area contributed by atoms with Gasteiger partial charge in [-0.1, -0.05) is 24.3 Å². The van der Waals surface area contributed by atoms with Gasteiger partial charge in [0.1, 0.15) is 5.82 Å². The summed E-state index contributed by atoms with van der Waals surface area (Å²) < 4.78 is 7.00. The van der Waals surface area contributed by atoms with Gasteiger partial charge in [0.2, 0.25) is 0 Å². The second-order valence-electron chi connectivity index (χ2n) is 7.02. The number of nitrogens with zero attached hydrogens (tertiary/aromatic N) is 3. The molecule has 7 nitrogen and oxygen atoms in total. The average Bonchev–Trinajstić information content (AvgIpc) is 3.42. The van der Waals surface area contributed by atoms with Crippen LogP contribution >= 0.6 is 0 Å². The van der Waals surface area contributed by atoms with Crippen molar-refractivity contribution in [2.45, 2.75) is 13.5 Å². The number of aryl methyl sites for hydroxylation is 1. The molecule has 0 aliphatic carbocycles. The predicted molar refractivity (Wildman–Crippen MR) is 116 cm³/mol. The van der Waals surface area contributed by atoms with Crippen molar-refractivity contribution in [3.8, 4) is 0 Å². The largest absolute Gasteiger partial charge is 0.459 e. The van der Waals surface area contributed by atoms with Crippen LogP contribution in [-0.2, 0) is 6.54 Å². The maximum atomic E-state index is 12.2. The molecule has 7 heteroatoms. The highest BCUT2D eigenvalue weighted by Crippen LogP contribution is 2.24. The van der Waals surface area contributed by atoms with Gasteiger partial charge in [-0.3, -0.25) is 4.79 Å². The Labute approximate surface area is 172 Å². The average molecular weight is 397 g/mol. The molecule has 2 N–H and O–H groups in total. The van der Waals surface area contributed by atoms with E-state index in [0.717, 1.165) is 33.6 Å². The van der Waals surface area contributed by atoms with Crippen LogP contribution in [0.3, 0.4) is 0 Å². The maximum Gasteiger partial charge on any atom is 0.291 e. The minimum Gasteiger partial charge on any atom is -0.459 e. The molecule has 0 aliphatic heterocycles. The van der Waals surface area contributed by atoms with E-state index < -0.39 is 0 Å². The number of furan rings is 1. The minimum atomic E-state index is -0.278. The maximum absolute atomic E-state index is 12.2. The number of para-hydroxylation sites is 1. The van der Waals surface area contributed by atoms with Gasteiger partial charge in [-0.2, -0.15) is 5.10 Å². The number of carbonyl (C=O) groups excluding carboxylic acids is 1. The number of hydrogen-bond donors (Lipinski definition) is 2. The van der Waals surface area contributed by atoms with Crippen molar-refractivity contribution in [2.24, 2.45) is 0 Å². The number of benzene rings is 2. The molecule has 0 fully saturated rings. The number of carbonyl (C=O) groups is 1. The van der Waals surface area contributed by atoms with E-state index in [4.69, 9.17) is 9.40 Å². The van der Waals surface area contributed by atoms with Crippen molar-refractivity contribution in [2.75, 3.05) is 10.6 Å². The fraction of sp³-hybridized carbons (Fsp3) is 0.0870. The summed E-state index contributed by atoms with van der Waals surface area (Å²) in [6.45, 7) is 2.52. The molecule has 148 valence electrons. The molecular weight excluding hydrogens is 378 g/mol. The van der Waals surface area contributed by atoms with Gasteiger partial charge in [-0.25, -0.2) is 9.50 Å². The lowest BCUT2D eigenvalue weighted by Gasteiger charge is -2.11. The minimum absolute atomic E-state index is 0.276. The Bertz CT molecular complexity index is 1360. The molecule has 0 radical (unpaired) electrons. The first-order chi connectivity index (χ1) is 14.7. The highest BCUT2D eigenvalue weighted by Gasteiger charge is 2.11. The van der Waals surface area contributed by atoms with Gasteiger partial charge in [0.15, 0.2) is 11.4 Å². The Morgan fingerprint density at radius 3 is 2.83 bits per heavy atom. The molecule has 0 unspecified atom stereocenters. The fourth-order valence-corrected chi connectivity index (χ4v) is 3.46. The number of amides is 1. The molecule has 5 rings (SSSR count). The van der Waals surface area contributed by atoms with Crippen molar-refractivity contribution in [3.05, 3.63) is 90.0 Å². The van der Waals surface area contributed by atoms with Crippen molar-refractivity contribution >= 4 is 34.0 Å². The summed E-state index contributed by atoms with van der Waals surface area (Å²) in [6, 6.07) is 21.0. The lowest BCUT2D eigenvalue weighted by Crippen LogP contribution is -2.11. The van der Waals surface area contributed by atoms with Crippen LogP contribution in [0.4, 0.5) is 11.5 Å². The molecule has 0 aliphatic rings. The molecule has 0 bridgehead atoms. The zero-order valence-electron chi connectivity index (χ0n) is 16.3. The number of rotatable bonds is 5. The number of fused-ring (bicyclic) bond motifs is 3. The molecule has 0 atom stereocenters. The Morgan fingerprint density at radius 1 is 1.07 bits per heavy atom. The first-order valence-electron chi connectivity index (χ1n) is 9.60. The van der Waals surface area contributed by atoms with Crippen LogP contribution in [0.25, 0.3) is 16.6 Å². The van der Waals surface area contributed by atoms with Crippen molar-refractivity contribution in [3.63, 3.8) is 0 Å². The third-order valence-corrected chi connectivity index (χ3v) is 4.82. The molecule has 1 amide bonds. The summed E-state index contributed by atoms with van der Waals surface area (Å²) in [5.74, 6) is 0.793. The SMILES string of the molecule is Cc1cc2nc(NCc3cccc(NC(=O)c4ccco4)c3)c3ccccc3n2n1. The second-order valence-corrected chi connectivity index (χ2v) is 7.02. The zero-order valence-corrected chi connectivity index (χ0v) is 16.3. The molecule has 3 heterocycles. The molecule has 0 spiro atoms. The number of anilines is 2. The standard InChI is InChI=1S/C23H19N5O2/c1-15-12-21-26-22(18-8-2-3-9-19(18)28(21)27-15)24-14-16-6-4-7-17(13-16)25-23(29)20-10-5-11-30-20/h2-13H,14H2,1H3,(H,24,26)(H,25,29). The lowest BCUT2D eigenvalue weighted by atomic mass is 10.2. The van der Waals surface area contributed by atoms with Gasteiger partial charge in [-0.15, -0.1) is 0 Å². The molecule has 30 heavy (non-hydrogen) atoms. The van der Waals surface area contributed by atoms with E-state index in [2.05, 4.69) is 15.7 Å². The quantitative estimate of drug-likeness (QED) is 0.451. The van der Waals surface area contributed by atoms with E-state index in [1.807, 2.05) is 66.0 Å². The normalized spacial score (nSPS) is 11.1. The van der Waals surface area contributed by atoms with E-state index in [0.29, 0.717) is 12.2 Å². The monoisotopic (exact) mass is 397 g/mol. The highest BCUT2D eigenvalue weighted by molar-refractivity contribution is 6.02. The molecule has 5 aromatic rings. The summed E-state index contributed by atoms with van der Waals surface area (Å²) in [6.07, 6.45) is 1.48. The van der Waals surface area contributed by atoms with Crippen molar-refractivity contribution < 1.29 is 9.21 Å². The van der Waals surface area contributed by atoms with E-state index >= 15 is 0 Å². The van der Waals surface area contributed by atoms with Crippen LogP contribution in [0.5, 0.6) is 0 Å². The highest BCUT2D eigenvalue weighted by atomic mass is 16.3. The van der Waals surface area contributed by atoms with Crippen LogP contribution in [-0.4, -0.2) is 20.5 Å². The number of nitrogens with one attached hydrogen (secondary N) is 2. The van der Waals surface area contributed by atoms with E-state index in [9.17, 15) is 4.79 Å². The Morgan fingerprint density at radius 2 is 1.97 bits per heavy atom. The van der Waals surface area contributed by atoms with Crippen LogP contribution in [0.15, 0.2) is 77.4 Å². The van der Waals surface area contributed by atoms with Crippen LogP contribution < -0.4 is 10.6 Å². The molecule has 0 saturated carbocycles. The van der Waals surface area contributed by atoms with E-state index in [1.165, 1.54) is 6.26 Å². The summed E-state index contributed by atoms with van der Waals surface area (Å²) in [7, 11) is 0. The molecular formula is C23H19N5O2. The summed E-state index contributed by atoms with van der Waals surface area (Å²) in [4.78, 5) is 17.0. The summed E-state index contributed by atoms with van der Waals surface area (Å²) >= 11 is 0. The third-order valence-electron chi connectivity index (χ3n) is 4.82. The van der Waals surface area contributed by atoms with Gasteiger partial charge in [0.25, 0.3) is 5.91 Å². The van der Waals surface area contributed by atoms with E-state index in [-0.39, 0.29) is 11.7 Å². The fourth-order valence-electron chi connectivity index (χ4n) is 3.46. The smallest absolute Gasteiger partial charge is 0.291 e. The predicted octanol–water partition coefficient (Wildman–Crippen LogP) is 4.65. The van der Waals surface area contributed by atoms with Gasteiger partial charge < -0.3 is 15.1 Å². The summed E-state index contributed by atoms with van der Waals surface area (Å²) in [5, 5.41) is 11.8. The lowest BCUT2D eigenvalue weighted by molar-refractivity contribution is 0.0996. The van der Waals surface area contributed by atoms with Crippen molar-refractivity contribution in [1.82, 2.24) is 14.6 Å². The number of aromatic nitrogens is 3. The molecule has 0 saturated heterocycles. The second kappa shape index (κ2) is 7.36. The van der Waals surface area contributed by atoms with Gasteiger partial charge >= 0.3 is 0 Å². The topological polar surface area (TPSA) is 84.5 Å². The summed E-state index contributed by atoms with van der Waals surface area (Å²) in [5.41, 5.74) is 4.44. The van der Waals surface area contributed by atoms with Gasteiger partial charge in [0, 0.05) is 23.7 Å². The molecule has 2 aromatic carbocycles. The van der Waals surface area contributed by atoms with Crippen LogP contribution in [0, 0.1) is 6.92 Å².